The zero-order valence-electron chi connectivity index (χ0n) is 15.4. The van der Waals surface area contributed by atoms with Gasteiger partial charge in [0.15, 0.2) is 11.4 Å². The van der Waals surface area contributed by atoms with Gasteiger partial charge in [0.25, 0.3) is 0 Å². The Balaban J connectivity index is 1.45. The molecule has 144 valence electrons. The monoisotopic (exact) mass is 404 g/mol. The predicted molar refractivity (Wildman–Crippen MR) is 110 cm³/mol. The van der Waals surface area contributed by atoms with Gasteiger partial charge in [0.2, 0.25) is 11.1 Å². The molecule has 0 unspecified atom stereocenters. The molecule has 0 atom stereocenters. The van der Waals surface area contributed by atoms with Gasteiger partial charge in [0.05, 0.1) is 11.4 Å². The number of hydrogen-bond donors (Lipinski definition) is 1. The molecule has 9 heteroatoms. The van der Waals surface area contributed by atoms with Crippen LogP contribution in [0, 0.1) is 0 Å². The zero-order chi connectivity index (χ0) is 20.2. The highest BCUT2D eigenvalue weighted by Gasteiger charge is 2.12. The van der Waals surface area contributed by atoms with Crippen molar-refractivity contribution in [3.63, 3.8) is 0 Å². The smallest absolute Gasteiger partial charge is 0.234 e. The second kappa shape index (κ2) is 8.19. The summed E-state index contributed by atoms with van der Waals surface area (Å²) >= 11 is 1.24. The van der Waals surface area contributed by atoms with Crippen molar-refractivity contribution >= 4 is 34.8 Å². The maximum absolute atomic E-state index is 12.3. The summed E-state index contributed by atoms with van der Waals surface area (Å²) in [5.41, 5.74) is 3.44. The molecule has 0 aliphatic carbocycles. The van der Waals surface area contributed by atoms with Gasteiger partial charge in [-0.3, -0.25) is 14.6 Å². The molecule has 0 fully saturated rings. The van der Waals surface area contributed by atoms with Crippen molar-refractivity contribution in [3.8, 4) is 11.3 Å². The van der Waals surface area contributed by atoms with Crippen LogP contribution in [0.15, 0.2) is 66.1 Å². The SMILES string of the molecule is CC(=O)c1ccc(NC(=O)CSc2nnc3ccc(-c4cccnc4)nn23)cc1. The van der Waals surface area contributed by atoms with Crippen molar-refractivity contribution in [1.29, 1.82) is 0 Å². The highest BCUT2D eigenvalue weighted by molar-refractivity contribution is 7.99. The summed E-state index contributed by atoms with van der Waals surface area (Å²) in [6.07, 6.45) is 3.44. The number of hydrogen-bond acceptors (Lipinski definition) is 7. The van der Waals surface area contributed by atoms with Gasteiger partial charge in [-0.25, -0.2) is 0 Å². The molecule has 0 spiro atoms. The molecule has 3 heterocycles. The minimum Gasteiger partial charge on any atom is -0.325 e. The maximum atomic E-state index is 12.3. The topological polar surface area (TPSA) is 102 Å². The molecule has 0 radical (unpaired) electrons. The molecule has 29 heavy (non-hydrogen) atoms. The highest BCUT2D eigenvalue weighted by atomic mass is 32.2. The Bertz CT molecular complexity index is 1170. The third kappa shape index (κ3) is 4.30. The minimum atomic E-state index is -0.189. The molecular weight excluding hydrogens is 388 g/mol. The molecule has 1 N–H and O–H groups in total. The van der Waals surface area contributed by atoms with Crippen LogP contribution in [-0.4, -0.2) is 42.2 Å². The first-order valence-corrected chi connectivity index (χ1v) is 9.75. The number of carbonyl (C=O) groups excluding carboxylic acids is 2. The van der Waals surface area contributed by atoms with Crippen molar-refractivity contribution in [1.82, 2.24) is 24.8 Å². The summed E-state index contributed by atoms with van der Waals surface area (Å²) in [5, 5.41) is 16.1. The molecule has 0 bridgehead atoms. The van der Waals surface area contributed by atoms with Crippen LogP contribution in [-0.2, 0) is 4.79 Å². The van der Waals surface area contributed by atoms with E-state index < -0.39 is 0 Å². The van der Waals surface area contributed by atoms with Gasteiger partial charge in [-0.2, -0.15) is 9.61 Å². The maximum Gasteiger partial charge on any atom is 0.234 e. The molecule has 3 aromatic heterocycles. The number of amides is 1. The van der Waals surface area contributed by atoms with Crippen molar-refractivity contribution in [2.75, 3.05) is 11.1 Å². The number of rotatable bonds is 6. The lowest BCUT2D eigenvalue weighted by Crippen LogP contribution is -2.14. The molecule has 0 aliphatic heterocycles. The van der Waals surface area contributed by atoms with Crippen LogP contribution in [0.1, 0.15) is 17.3 Å². The summed E-state index contributed by atoms with van der Waals surface area (Å²) in [4.78, 5) is 27.7. The summed E-state index contributed by atoms with van der Waals surface area (Å²) in [6, 6.07) is 14.2. The van der Waals surface area contributed by atoms with E-state index in [2.05, 4.69) is 25.6 Å². The van der Waals surface area contributed by atoms with E-state index >= 15 is 0 Å². The minimum absolute atomic E-state index is 0.0183. The first kappa shape index (κ1) is 18.8. The van der Waals surface area contributed by atoms with Crippen molar-refractivity contribution in [2.24, 2.45) is 0 Å². The van der Waals surface area contributed by atoms with Crippen LogP contribution in [0.4, 0.5) is 5.69 Å². The van der Waals surface area contributed by atoms with E-state index in [0.717, 1.165) is 11.3 Å². The molecule has 0 aliphatic rings. The average Bonchev–Trinajstić information content (AvgIpc) is 3.15. The first-order valence-electron chi connectivity index (χ1n) is 8.77. The van der Waals surface area contributed by atoms with Gasteiger partial charge in [0, 0.05) is 29.2 Å². The average molecular weight is 404 g/mol. The van der Waals surface area contributed by atoms with Gasteiger partial charge in [-0.15, -0.1) is 10.2 Å². The van der Waals surface area contributed by atoms with E-state index in [4.69, 9.17) is 0 Å². The molecule has 1 aromatic carbocycles. The summed E-state index contributed by atoms with van der Waals surface area (Å²) in [7, 11) is 0. The summed E-state index contributed by atoms with van der Waals surface area (Å²) in [5.74, 6) is -0.0605. The van der Waals surface area contributed by atoms with E-state index in [-0.39, 0.29) is 17.4 Å². The first-order chi connectivity index (χ1) is 14.1. The fourth-order valence-corrected chi connectivity index (χ4v) is 3.33. The molecule has 0 saturated heterocycles. The Kier molecular flexibility index (Phi) is 5.30. The molecule has 4 aromatic rings. The quantitative estimate of drug-likeness (QED) is 0.389. The Morgan fingerprint density at radius 3 is 2.62 bits per heavy atom. The van der Waals surface area contributed by atoms with E-state index in [1.165, 1.54) is 18.7 Å². The fraction of sp³-hybridized carbons (Fsp3) is 0.100. The Labute approximate surface area is 170 Å². The van der Waals surface area contributed by atoms with Crippen LogP contribution in [0.3, 0.4) is 0 Å². The van der Waals surface area contributed by atoms with Gasteiger partial charge >= 0.3 is 0 Å². The van der Waals surface area contributed by atoms with Gasteiger partial charge in [-0.1, -0.05) is 11.8 Å². The highest BCUT2D eigenvalue weighted by Crippen LogP contribution is 2.20. The lowest BCUT2D eigenvalue weighted by molar-refractivity contribution is -0.113. The number of nitrogens with one attached hydrogen (secondary N) is 1. The molecule has 8 nitrogen and oxygen atoms in total. The van der Waals surface area contributed by atoms with Crippen LogP contribution >= 0.6 is 11.8 Å². The third-order valence-corrected chi connectivity index (χ3v) is 5.02. The van der Waals surface area contributed by atoms with Crippen molar-refractivity contribution < 1.29 is 9.59 Å². The number of benzene rings is 1. The molecule has 4 rings (SSSR count). The van der Waals surface area contributed by atoms with Crippen LogP contribution in [0.2, 0.25) is 0 Å². The van der Waals surface area contributed by atoms with Gasteiger partial charge in [0.1, 0.15) is 0 Å². The van der Waals surface area contributed by atoms with Gasteiger partial charge < -0.3 is 5.32 Å². The Hall–Kier alpha value is -3.59. The van der Waals surface area contributed by atoms with Crippen LogP contribution < -0.4 is 5.32 Å². The lowest BCUT2D eigenvalue weighted by atomic mass is 10.1. The number of Topliss-reactive ketones (excluding diaryl/α,β-unsaturated/α-hetero) is 1. The van der Waals surface area contributed by atoms with Crippen molar-refractivity contribution in [2.45, 2.75) is 12.1 Å². The van der Waals surface area contributed by atoms with Crippen LogP contribution in [0.25, 0.3) is 16.9 Å². The Morgan fingerprint density at radius 2 is 1.90 bits per heavy atom. The van der Waals surface area contributed by atoms with Crippen molar-refractivity contribution in [3.05, 3.63) is 66.5 Å². The molecular formula is C20H16N6O2S. The fourth-order valence-electron chi connectivity index (χ4n) is 2.64. The summed E-state index contributed by atoms with van der Waals surface area (Å²) in [6.45, 7) is 1.50. The second-order valence-electron chi connectivity index (χ2n) is 6.18. The zero-order valence-corrected chi connectivity index (χ0v) is 16.3. The largest absolute Gasteiger partial charge is 0.325 e. The molecule has 1 amide bonds. The standard InChI is InChI=1S/C20H16N6O2S/c1-13(27)14-4-6-16(7-5-14)22-19(28)12-29-20-24-23-18-9-8-17(25-26(18)20)15-3-2-10-21-11-15/h2-11H,12H2,1H3,(H,22,28). The number of aromatic nitrogens is 5. The number of nitrogens with zero attached hydrogens (tertiary/aromatic N) is 5. The second-order valence-corrected chi connectivity index (χ2v) is 7.13. The molecule has 0 saturated carbocycles. The number of carbonyl (C=O) groups is 2. The van der Waals surface area contributed by atoms with Gasteiger partial charge in [-0.05, 0) is 55.5 Å². The summed E-state index contributed by atoms with van der Waals surface area (Å²) < 4.78 is 1.61. The number of pyridine rings is 1. The van der Waals surface area contributed by atoms with Crippen LogP contribution in [0.5, 0.6) is 0 Å². The number of fused-ring (bicyclic) bond motifs is 1. The number of ketones is 1. The number of thioether (sulfide) groups is 1. The lowest BCUT2D eigenvalue weighted by Gasteiger charge is -2.05. The van der Waals surface area contributed by atoms with E-state index in [1.807, 2.05) is 24.3 Å². The van der Waals surface area contributed by atoms with E-state index in [9.17, 15) is 9.59 Å². The normalized spacial score (nSPS) is 10.8. The Morgan fingerprint density at radius 1 is 1.07 bits per heavy atom. The van der Waals surface area contributed by atoms with E-state index in [0.29, 0.717) is 22.1 Å². The van der Waals surface area contributed by atoms with E-state index in [1.54, 1.807) is 41.2 Å². The number of anilines is 1. The predicted octanol–water partition coefficient (Wildman–Crippen LogP) is 3.12. The third-order valence-electron chi connectivity index (χ3n) is 4.10.